The summed E-state index contributed by atoms with van der Waals surface area (Å²) in [7, 11) is 0. The van der Waals surface area contributed by atoms with E-state index in [0.29, 0.717) is 13.0 Å². The third-order valence-electron chi connectivity index (χ3n) is 2.73. The predicted molar refractivity (Wildman–Crippen MR) is 61.7 cm³/mol. The second kappa shape index (κ2) is 7.22. The van der Waals surface area contributed by atoms with Gasteiger partial charge in [-0.3, -0.25) is 9.59 Å². The van der Waals surface area contributed by atoms with E-state index in [-0.39, 0.29) is 17.9 Å². The van der Waals surface area contributed by atoms with Crippen LogP contribution in [0.2, 0.25) is 0 Å². The highest BCUT2D eigenvalue weighted by molar-refractivity contribution is 5.87. The number of rotatable bonds is 5. The molecule has 16 heavy (non-hydrogen) atoms. The number of nitrogens with one attached hydrogen (secondary N) is 2. The van der Waals surface area contributed by atoms with Crippen molar-refractivity contribution in [2.45, 2.75) is 44.6 Å². The lowest BCUT2D eigenvalue weighted by atomic mass is 10.1. The van der Waals surface area contributed by atoms with Gasteiger partial charge in [0.25, 0.3) is 0 Å². The quantitative estimate of drug-likeness (QED) is 0.573. The van der Waals surface area contributed by atoms with Crippen molar-refractivity contribution >= 4 is 11.8 Å². The summed E-state index contributed by atoms with van der Waals surface area (Å²) >= 11 is 0. The first-order valence-corrected chi connectivity index (χ1v) is 6.01. The lowest BCUT2D eigenvalue weighted by Crippen LogP contribution is -2.45. The van der Waals surface area contributed by atoms with Crippen LogP contribution in [0.3, 0.4) is 0 Å². The molecule has 1 rings (SSSR count). The fourth-order valence-corrected chi connectivity index (χ4v) is 1.77. The molecule has 0 aromatic heterocycles. The standard InChI is InChI=1S/C11H21N3O2/c12-7-3-1-6-10(15)14-9-5-2-4-8-13-11(9)16/h9H,1-8,12H2,(H,13,16)(H,14,15). The van der Waals surface area contributed by atoms with Gasteiger partial charge in [-0.2, -0.15) is 0 Å². The molecule has 5 nitrogen and oxygen atoms in total. The minimum absolute atomic E-state index is 0.0458. The van der Waals surface area contributed by atoms with Crippen LogP contribution in [-0.2, 0) is 9.59 Å². The van der Waals surface area contributed by atoms with E-state index in [4.69, 9.17) is 5.73 Å². The molecule has 1 atom stereocenters. The number of amides is 2. The van der Waals surface area contributed by atoms with Gasteiger partial charge in [-0.05, 0) is 38.6 Å². The van der Waals surface area contributed by atoms with Crippen molar-refractivity contribution in [3.05, 3.63) is 0 Å². The highest BCUT2D eigenvalue weighted by atomic mass is 16.2. The normalized spacial score (nSPS) is 21.1. The molecule has 0 spiro atoms. The Hall–Kier alpha value is -1.10. The zero-order valence-electron chi connectivity index (χ0n) is 9.63. The average Bonchev–Trinajstić information content (AvgIpc) is 2.45. The fraction of sp³-hybridized carbons (Fsp3) is 0.818. The number of nitrogens with two attached hydrogens (primary N) is 1. The lowest BCUT2D eigenvalue weighted by Gasteiger charge is -2.14. The van der Waals surface area contributed by atoms with Crippen LogP contribution in [0.25, 0.3) is 0 Å². The smallest absolute Gasteiger partial charge is 0.242 e. The Labute approximate surface area is 96.1 Å². The average molecular weight is 227 g/mol. The molecule has 0 aliphatic carbocycles. The van der Waals surface area contributed by atoms with Gasteiger partial charge in [0.1, 0.15) is 6.04 Å². The van der Waals surface area contributed by atoms with E-state index in [0.717, 1.165) is 38.6 Å². The molecule has 0 aromatic carbocycles. The van der Waals surface area contributed by atoms with Crippen molar-refractivity contribution in [3.63, 3.8) is 0 Å². The summed E-state index contributed by atoms with van der Waals surface area (Å²) in [6, 6.07) is -0.340. The second-order valence-electron chi connectivity index (χ2n) is 4.15. The summed E-state index contributed by atoms with van der Waals surface area (Å²) in [4.78, 5) is 23.0. The van der Waals surface area contributed by atoms with Crippen LogP contribution >= 0.6 is 0 Å². The van der Waals surface area contributed by atoms with E-state index in [2.05, 4.69) is 10.6 Å². The highest BCUT2D eigenvalue weighted by Crippen LogP contribution is 2.06. The van der Waals surface area contributed by atoms with Gasteiger partial charge in [-0.15, -0.1) is 0 Å². The van der Waals surface area contributed by atoms with Crippen LogP contribution in [0.1, 0.15) is 38.5 Å². The minimum atomic E-state index is -0.340. The van der Waals surface area contributed by atoms with E-state index in [1.54, 1.807) is 0 Å². The minimum Gasteiger partial charge on any atom is -0.354 e. The molecular weight excluding hydrogens is 206 g/mol. The van der Waals surface area contributed by atoms with Gasteiger partial charge in [0, 0.05) is 13.0 Å². The molecule has 4 N–H and O–H groups in total. The first-order valence-electron chi connectivity index (χ1n) is 6.01. The number of carbonyl (C=O) groups excluding carboxylic acids is 2. The lowest BCUT2D eigenvalue weighted by molar-refractivity contribution is -0.128. The maximum Gasteiger partial charge on any atom is 0.242 e. The predicted octanol–water partition coefficient (Wildman–Crippen LogP) is -0.0997. The van der Waals surface area contributed by atoms with Crippen LogP contribution in [0.15, 0.2) is 0 Å². The molecule has 0 saturated carbocycles. The Balaban J connectivity index is 2.27. The SMILES string of the molecule is NCCCCC(=O)NC1CCCCNC1=O. The number of unbranched alkanes of at least 4 members (excludes halogenated alkanes) is 1. The van der Waals surface area contributed by atoms with Gasteiger partial charge in [0.05, 0.1) is 0 Å². The maximum atomic E-state index is 11.5. The van der Waals surface area contributed by atoms with Crippen molar-refractivity contribution in [1.29, 1.82) is 0 Å². The molecule has 1 unspecified atom stereocenters. The molecule has 1 heterocycles. The first-order chi connectivity index (χ1) is 7.74. The Morgan fingerprint density at radius 3 is 3.00 bits per heavy atom. The third kappa shape index (κ3) is 4.61. The zero-order valence-corrected chi connectivity index (χ0v) is 9.63. The van der Waals surface area contributed by atoms with Crippen molar-refractivity contribution in [2.24, 2.45) is 5.73 Å². The summed E-state index contributed by atoms with van der Waals surface area (Å²) < 4.78 is 0. The maximum absolute atomic E-state index is 11.5. The summed E-state index contributed by atoms with van der Waals surface area (Å²) in [6.07, 6.45) is 4.81. The monoisotopic (exact) mass is 227 g/mol. The van der Waals surface area contributed by atoms with Crippen molar-refractivity contribution in [1.82, 2.24) is 10.6 Å². The fourth-order valence-electron chi connectivity index (χ4n) is 1.77. The van der Waals surface area contributed by atoms with Crippen molar-refractivity contribution in [2.75, 3.05) is 13.1 Å². The van der Waals surface area contributed by atoms with E-state index in [1.165, 1.54) is 0 Å². The number of hydrogen-bond donors (Lipinski definition) is 3. The molecule has 0 bridgehead atoms. The summed E-state index contributed by atoms with van der Waals surface area (Å²) in [5.41, 5.74) is 5.35. The van der Waals surface area contributed by atoms with Gasteiger partial charge < -0.3 is 16.4 Å². The van der Waals surface area contributed by atoms with Crippen LogP contribution in [-0.4, -0.2) is 30.9 Å². The van der Waals surface area contributed by atoms with Crippen LogP contribution in [0.4, 0.5) is 0 Å². The zero-order chi connectivity index (χ0) is 11.8. The van der Waals surface area contributed by atoms with Crippen LogP contribution in [0, 0.1) is 0 Å². The Bertz CT molecular complexity index is 243. The van der Waals surface area contributed by atoms with Gasteiger partial charge in [-0.1, -0.05) is 0 Å². The first kappa shape index (κ1) is 13.0. The van der Waals surface area contributed by atoms with Gasteiger partial charge >= 0.3 is 0 Å². The molecule has 1 saturated heterocycles. The molecule has 2 amide bonds. The molecule has 0 aromatic rings. The Morgan fingerprint density at radius 1 is 1.44 bits per heavy atom. The largest absolute Gasteiger partial charge is 0.354 e. The van der Waals surface area contributed by atoms with E-state index >= 15 is 0 Å². The Kier molecular flexibility index (Phi) is 5.85. The molecule has 1 fully saturated rings. The second-order valence-corrected chi connectivity index (χ2v) is 4.15. The van der Waals surface area contributed by atoms with Crippen LogP contribution < -0.4 is 16.4 Å². The van der Waals surface area contributed by atoms with Gasteiger partial charge in [0.15, 0.2) is 0 Å². The molecule has 5 heteroatoms. The molecule has 1 aliphatic rings. The van der Waals surface area contributed by atoms with E-state index in [1.807, 2.05) is 0 Å². The van der Waals surface area contributed by atoms with E-state index < -0.39 is 0 Å². The Morgan fingerprint density at radius 2 is 2.25 bits per heavy atom. The molecule has 1 aliphatic heterocycles. The molecular formula is C11H21N3O2. The highest BCUT2D eigenvalue weighted by Gasteiger charge is 2.21. The molecule has 0 radical (unpaired) electrons. The van der Waals surface area contributed by atoms with Gasteiger partial charge in [0.2, 0.25) is 11.8 Å². The van der Waals surface area contributed by atoms with Crippen molar-refractivity contribution < 1.29 is 9.59 Å². The topological polar surface area (TPSA) is 84.2 Å². The van der Waals surface area contributed by atoms with Gasteiger partial charge in [-0.25, -0.2) is 0 Å². The van der Waals surface area contributed by atoms with Crippen molar-refractivity contribution in [3.8, 4) is 0 Å². The number of hydrogen-bond acceptors (Lipinski definition) is 3. The summed E-state index contributed by atoms with van der Waals surface area (Å²) in [5, 5.41) is 5.57. The number of carbonyl (C=O) groups is 2. The summed E-state index contributed by atoms with van der Waals surface area (Å²) in [6.45, 7) is 1.33. The van der Waals surface area contributed by atoms with Crippen LogP contribution in [0.5, 0.6) is 0 Å². The summed E-state index contributed by atoms with van der Waals surface area (Å²) in [5.74, 6) is -0.0971. The third-order valence-corrected chi connectivity index (χ3v) is 2.73. The molecule has 92 valence electrons. The van der Waals surface area contributed by atoms with E-state index in [9.17, 15) is 9.59 Å².